The van der Waals surface area contributed by atoms with E-state index >= 15 is 0 Å². The maximum absolute atomic E-state index is 12.5. The van der Waals surface area contributed by atoms with Crippen LogP contribution in [0, 0.1) is 0 Å². The third-order valence-electron chi connectivity index (χ3n) is 3.18. The summed E-state index contributed by atoms with van der Waals surface area (Å²) in [5, 5.41) is 4.69. The molecule has 0 saturated carbocycles. The van der Waals surface area contributed by atoms with Crippen LogP contribution >= 0.6 is 11.3 Å². The molecule has 1 heterocycles. The van der Waals surface area contributed by atoms with Crippen LogP contribution in [0.15, 0.2) is 35.7 Å². The van der Waals surface area contributed by atoms with Gasteiger partial charge in [-0.05, 0) is 26.3 Å². The van der Waals surface area contributed by atoms with E-state index < -0.39 is 23.7 Å². The Balaban J connectivity index is 2.03. The Morgan fingerprint density at radius 2 is 1.96 bits per heavy atom. The molecule has 0 aliphatic carbocycles. The molecule has 8 heteroatoms. The van der Waals surface area contributed by atoms with E-state index in [1.807, 2.05) is 30.3 Å². The van der Waals surface area contributed by atoms with Crippen LogP contribution in [0.1, 0.15) is 32.0 Å². The number of carbonyl (C=O) groups excluding carboxylic acids is 2. The molecule has 7 nitrogen and oxygen atoms in total. The summed E-state index contributed by atoms with van der Waals surface area (Å²) in [6.45, 7) is 5.36. The van der Waals surface area contributed by atoms with Crippen molar-refractivity contribution < 1.29 is 19.1 Å². The predicted octanol–water partition coefficient (Wildman–Crippen LogP) is 2.90. The predicted molar refractivity (Wildman–Crippen MR) is 99.6 cm³/mol. The minimum absolute atomic E-state index is 0.116. The third kappa shape index (κ3) is 6.72. The molecule has 0 fully saturated rings. The Hall–Kier alpha value is -2.61. The highest BCUT2D eigenvalue weighted by atomic mass is 32.1. The Labute approximate surface area is 156 Å². The van der Waals surface area contributed by atoms with Crippen LogP contribution in [0.5, 0.6) is 0 Å². The number of esters is 1. The second kappa shape index (κ2) is 8.66. The number of rotatable bonds is 6. The van der Waals surface area contributed by atoms with Crippen molar-refractivity contribution in [1.82, 2.24) is 10.3 Å². The standard InChI is InChI=1S/C18H23N3O4S/c1-18(2,3)25-17(23)21-14(9-13-11-26-16(19)20-13)15(22)24-10-12-7-5-4-6-8-12/h4-8,11,14H,9-10H2,1-3H3,(H2,19,20)(H,21,23)/t14-/m0/s1. The molecule has 3 N–H and O–H groups in total. The van der Waals surface area contributed by atoms with Crippen molar-refractivity contribution >= 4 is 28.5 Å². The molecule has 1 atom stereocenters. The summed E-state index contributed by atoms with van der Waals surface area (Å²) in [6, 6.07) is 8.38. The number of aromatic nitrogens is 1. The fourth-order valence-electron chi connectivity index (χ4n) is 2.10. The zero-order valence-electron chi connectivity index (χ0n) is 15.0. The van der Waals surface area contributed by atoms with Crippen molar-refractivity contribution in [2.45, 2.75) is 45.4 Å². The first-order valence-electron chi connectivity index (χ1n) is 8.13. The van der Waals surface area contributed by atoms with E-state index in [4.69, 9.17) is 15.2 Å². The van der Waals surface area contributed by atoms with E-state index in [9.17, 15) is 9.59 Å². The number of anilines is 1. The quantitative estimate of drug-likeness (QED) is 0.750. The lowest BCUT2D eigenvalue weighted by atomic mass is 10.1. The average Bonchev–Trinajstić information content (AvgIpc) is 2.96. The largest absolute Gasteiger partial charge is 0.459 e. The fourth-order valence-corrected chi connectivity index (χ4v) is 2.67. The van der Waals surface area contributed by atoms with Gasteiger partial charge in [-0.2, -0.15) is 0 Å². The maximum atomic E-state index is 12.5. The summed E-state index contributed by atoms with van der Waals surface area (Å²) in [7, 11) is 0. The highest BCUT2D eigenvalue weighted by Crippen LogP contribution is 2.14. The second-order valence-electron chi connectivity index (χ2n) is 6.67. The Kier molecular flexibility index (Phi) is 6.57. The molecule has 0 spiro atoms. The van der Waals surface area contributed by atoms with Gasteiger partial charge in [-0.25, -0.2) is 14.6 Å². The van der Waals surface area contributed by atoms with Crippen LogP contribution < -0.4 is 11.1 Å². The maximum Gasteiger partial charge on any atom is 0.408 e. The number of benzene rings is 1. The number of nitrogens with zero attached hydrogens (tertiary/aromatic N) is 1. The topological polar surface area (TPSA) is 104 Å². The van der Waals surface area contributed by atoms with Gasteiger partial charge in [-0.3, -0.25) is 0 Å². The van der Waals surface area contributed by atoms with Gasteiger partial charge >= 0.3 is 12.1 Å². The Morgan fingerprint density at radius 1 is 1.27 bits per heavy atom. The smallest absolute Gasteiger partial charge is 0.408 e. The molecule has 0 radical (unpaired) electrons. The minimum atomic E-state index is -0.921. The molecule has 0 aliphatic rings. The number of nitrogens with two attached hydrogens (primary N) is 1. The van der Waals surface area contributed by atoms with Crippen LogP contribution in [0.3, 0.4) is 0 Å². The minimum Gasteiger partial charge on any atom is -0.459 e. The van der Waals surface area contributed by atoms with Crippen molar-refractivity contribution in [2.75, 3.05) is 5.73 Å². The Morgan fingerprint density at radius 3 is 2.54 bits per heavy atom. The van der Waals surface area contributed by atoms with Gasteiger partial charge in [0, 0.05) is 11.8 Å². The zero-order valence-corrected chi connectivity index (χ0v) is 15.8. The van der Waals surface area contributed by atoms with E-state index in [0.717, 1.165) is 5.56 Å². The fraction of sp³-hybridized carbons (Fsp3) is 0.389. The van der Waals surface area contributed by atoms with Crippen LogP contribution in [0.25, 0.3) is 0 Å². The third-order valence-corrected chi connectivity index (χ3v) is 3.90. The summed E-state index contributed by atoms with van der Waals surface area (Å²) >= 11 is 1.27. The summed E-state index contributed by atoms with van der Waals surface area (Å²) in [5.74, 6) is -0.564. The zero-order chi connectivity index (χ0) is 19.2. The molecule has 0 saturated heterocycles. The first kappa shape index (κ1) is 19.7. The van der Waals surface area contributed by atoms with Crippen LogP contribution in [0.2, 0.25) is 0 Å². The van der Waals surface area contributed by atoms with Crippen molar-refractivity contribution in [3.05, 3.63) is 47.0 Å². The number of carbonyl (C=O) groups is 2. The van der Waals surface area contributed by atoms with Gasteiger partial charge in [0.15, 0.2) is 5.13 Å². The normalized spacial score (nSPS) is 12.3. The lowest BCUT2D eigenvalue weighted by Crippen LogP contribution is -2.45. The number of nitrogen functional groups attached to an aromatic ring is 1. The molecule has 0 bridgehead atoms. The number of hydrogen-bond acceptors (Lipinski definition) is 7. The van der Waals surface area contributed by atoms with Gasteiger partial charge in [0.2, 0.25) is 0 Å². The molecule has 2 rings (SSSR count). The van der Waals surface area contributed by atoms with E-state index in [0.29, 0.717) is 10.8 Å². The lowest BCUT2D eigenvalue weighted by molar-refractivity contribution is -0.147. The lowest BCUT2D eigenvalue weighted by Gasteiger charge is -2.22. The Bertz CT molecular complexity index is 740. The van der Waals surface area contributed by atoms with Crippen molar-refractivity contribution in [3.63, 3.8) is 0 Å². The van der Waals surface area contributed by atoms with Crippen LogP contribution in [-0.2, 0) is 27.3 Å². The molecule has 26 heavy (non-hydrogen) atoms. The average molecular weight is 377 g/mol. The number of ether oxygens (including phenoxy) is 2. The van der Waals surface area contributed by atoms with Crippen molar-refractivity contribution in [3.8, 4) is 0 Å². The van der Waals surface area contributed by atoms with Gasteiger partial charge < -0.3 is 20.5 Å². The SMILES string of the molecule is CC(C)(C)OC(=O)N[C@@H](Cc1csc(N)n1)C(=O)OCc1ccccc1. The summed E-state index contributed by atoms with van der Waals surface area (Å²) in [6.07, 6.45) is -0.525. The van der Waals surface area contributed by atoms with Crippen LogP contribution in [0.4, 0.5) is 9.93 Å². The number of alkyl carbamates (subject to hydrolysis) is 1. The molecule has 2 aromatic rings. The van der Waals surface area contributed by atoms with Crippen molar-refractivity contribution in [1.29, 1.82) is 0 Å². The summed E-state index contributed by atoms with van der Waals surface area (Å²) < 4.78 is 10.6. The number of nitrogens with one attached hydrogen (secondary N) is 1. The monoisotopic (exact) mass is 377 g/mol. The summed E-state index contributed by atoms with van der Waals surface area (Å²) in [4.78, 5) is 28.7. The summed E-state index contributed by atoms with van der Waals surface area (Å²) in [5.41, 5.74) is 6.41. The highest BCUT2D eigenvalue weighted by molar-refractivity contribution is 7.13. The first-order valence-corrected chi connectivity index (χ1v) is 9.01. The number of amides is 1. The van der Waals surface area contributed by atoms with E-state index in [2.05, 4.69) is 10.3 Å². The molecule has 1 aromatic heterocycles. The molecule has 0 unspecified atom stereocenters. The van der Waals surface area contributed by atoms with Gasteiger partial charge in [-0.15, -0.1) is 11.3 Å². The molecule has 0 aliphatic heterocycles. The molecule has 140 valence electrons. The van der Waals surface area contributed by atoms with Gasteiger partial charge in [0.1, 0.15) is 18.2 Å². The van der Waals surface area contributed by atoms with Gasteiger partial charge in [-0.1, -0.05) is 30.3 Å². The second-order valence-corrected chi connectivity index (χ2v) is 7.56. The highest BCUT2D eigenvalue weighted by Gasteiger charge is 2.26. The number of hydrogen-bond donors (Lipinski definition) is 2. The number of thiazole rings is 1. The molecule has 1 amide bonds. The molecular formula is C18H23N3O4S. The molecular weight excluding hydrogens is 354 g/mol. The van der Waals surface area contributed by atoms with E-state index in [1.165, 1.54) is 11.3 Å². The van der Waals surface area contributed by atoms with E-state index in [-0.39, 0.29) is 13.0 Å². The van der Waals surface area contributed by atoms with E-state index in [1.54, 1.807) is 26.2 Å². The van der Waals surface area contributed by atoms with Gasteiger partial charge in [0.05, 0.1) is 5.69 Å². The first-order chi connectivity index (χ1) is 12.2. The van der Waals surface area contributed by atoms with Crippen molar-refractivity contribution in [2.24, 2.45) is 0 Å². The van der Waals surface area contributed by atoms with Gasteiger partial charge in [0.25, 0.3) is 0 Å². The van der Waals surface area contributed by atoms with Crippen LogP contribution in [-0.4, -0.2) is 28.7 Å². The molecule has 1 aromatic carbocycles.